The molecule has 0 aliphatic rings. The summed E-state index contributed by atoms with van der Waals surface area (Å²) in [6.07, 6.45) is 3.04. The summed E-state index contributed by atoms with van der Waals surface area (Å²) in [5.41, 5.74) is 0.286. The van der Waals surface area contributed by atoms with Gasteiger partial charge in [0.25, 0.3) is 0 Å². The molecule has 3 heteroatoms. The van der Waals surface area contributed by atoms with E-state index in [0.29, 0.717) is 6.61 Å². The van der Waals surface area contributed by atoms with Gasteiger partial charge in [0.05, 0.1) is 0 Å². The molecule has 0 saturated carbocycles. The highest BCUT2D eigenvalue weighted by Gasteiger charge is 2.15. The topological polar surface area (TPSA) is 41.5 Å². The lowest BCUT2D eigenvalue weighted by molar-refractivity contribution is 0.143. The van der Waals surface area contributed by atoms with Crippen LogP contribution in [-0.4, -0.2) is 38.0 Å². The van der Waals surface area contributed by atoms with E-state index in [1.54, 1.807) is 0 Å². The molecule has 0 radical (unpaired) electrons. The van der Waals surface area contributed by atoms with Crippen LogP contribution in [0, 0.1) is 5.41 Å². The molecule has 0 aliphatic carbocycles. The van der Waals surface area contributed by atoms with Crippen LogP contribution in [0.15, 0.2) is 0 Å². The maximum atomic E-state index is 8.76. The zero-order valence-corrected chi connectivity index (χ0v) is 10.5. The number of nitrogens with one attached hydrogen (secondary N) is 1. The van der Waals surface area contributed by atoms with Crippen molar-refractivity contribution in [3.63, 3.8) is 0 Å². The van der Waals surface area contributed by atoms with Crippen molar-refractivity contribution < 1.29 is 9.84 Å². The van der Waals surface area contributed by atoms with Gasteiger partial charge in [0.2, 0.25) is 0 Å². The highest BCUT2D eigenvalue weighted by atomic mass is 16.5. The second-order valence-corrected chi connectivity index (χ2v) is 4.72. The Morgan fingerprint density at radius 3 is 2.60 bits per heavy atom. The summed E-state index contributed by atoms with van der Waals surface area (Å²) in [6.45, 7) is 10.5. The van der Waals surface area contributed by atoms with Crippen LogP contribution in [0.25, 0.3) is 0 Å². The van der Waals surface area contributed by atoms with Gasteiger partial charge in [-0.1, -0.05) is 13.8 Å². The molecule has 0 bridgehead atoms. The Kier molecular flexibility index (Phi) is 9.06. The third-order valence-electron chi connectivity index (χ3n) is 2.46. The monoisotopic (exact) mass is 217 g/mol. The van der Waals surface area contributed by atoms with Gasteiger partial charge in [-0.15, -0.1) is 0 Å². The zero-order valence-electron chi connectivity index (χ0n) is 10.5. The first kappa shape index (κ1) is 14.9. The van der Waals surface area contributed by atoms with Gasteiger partial charge in [0, 0.05) is 26.4 Å². The van der Waals surface area contributed by atoms with E-state index in [2.05, 4.69) is 19.2 Å². The number of hydrogen-bond acceptors (Lipinski definition) is 3. The molecule has 0 unspecified atom stereocenters. The fourth-order valence-corrected chi connectivity index (χ4v) is 1.52. The molecule has 0 heterocycles. The summed E-state index contributed by atoms with van der Waals surface area (Å²) >= 11 is 0. The molecule has 0 fully saturated rings. The van der Waals surface area contributed by atoms with Crippen molar-refractivity contribution >= 4 is 0 Å². The average Bonchev–Trinajstić information content (AvgIpc) is 2.20. The van der Waals surface area contributed by atoms with Crippen LogP contribution in [0.5, 0.6) is 0 Å². The highest BCUT2D eigenvalue weighted by molar-refractivity contribution is 4.71. The lowest BCUT2D eigenvalue weighted by Gasteiger charge is -2.24. The van der Waals surface area contributed by atoms with E-state index >= 15 is 0 Å². The molecule has 15 heavy (non-hydrogen) atoms. The first-order valence-corrected chi connectivity index (χ1v) is 6.01. The standard InChI is InChI=1S/C12H27NO2/c1-4-15-10-6-8-13-11-12(2,3)7-5-9-14/h13-14H,4-11H2,1-3H3. The Morgan fingerprint density at radius 2 is 2.00 bits per heavy atom. The molecular weight excluding hydrogens is 190 g/mol. The zero-order chi connectivity index (χ0) is 11.6. The molecule has 0 aliphatic heterocycles. The Morgan fingerprint density at radius 1 is 1.27 bits per heavy atom. The van der Waals surface area contributed by atoms with Crippen LogP contribution >= 0.6 is 0 Å². The number of aliphatic hydroxyl groups is 1. The van der Waals surface area contributed by atoms with Crippen LogP contribution in [-0.2, 0) is 4.74 Å². The summed E-state index contributed by atoms with van der Waals surface area (Å²) < 4.78 is 5.26. The number of ether oxygens (including phenoxy) is 1. The number of hydrogen-bond donors (Lipinski definition) is 2. The van der Waals surface area contributed by atoms with E-state index in [0.717, 1.165) is 45.6 Å². The Balaban J connectivity index is 3.32. The van der Waals surface area contributed by atoms with Crippen molar-refractivity contribution in [2.75, 3.05) is 32.9 Å². The third kappa shape index (κ3) is 10.2. The third-order valence-corrected chi connectivity index (χ3v) is 2.46. The fourth-order valence-electron chi connectivity index (χ4n) is 1.52. The van der Waals surface area contributed by atoms with Crippen LogP contribution in [0.2, 0.25) is 0 Å². The first-order valence-electron chi connectivity index (χ1n) is 6.01. The van der Waals surface area contributed by atoms with E-state index in [-0.39, 0.29) is 5.41 Å². The van der Waals surface area contributed by atoms with E-state index in [1.807, 2.05) is 6.92 Å². The van der Waals surface area contributed by atoms with Gasteiger partial charge in [-0.05, 0) is 38.1 Å². The molecule has 2 N–H and O–H groups in total. The summed E-state index contributed by atoms with van der Waals surface area (Å²) in [6, 6.07) is 0. The second kappa shape index (κ2) is 9.13. The lowest BCUT2D eigenvalue weighted by Crippen LogP contribution is -2.30. The maximum absolute atomic E-state index is 8.76. The maximum Gasteiger partial charge on any atom is 0.0477 e. The Bertz CT molecular complexity index is 138. The normalized spacial score (nSPS) is 12.0. The largest absolute Gasteiger partial charge is 0.396 e. The van der Waals surface area contributed by atoms with Crippen LogP contribution in [0.4, 0.5) is 0 Å². The number of rotatable bonds is 10. The second-order valence-electron chi connectivity index (χ2n) is 4.72. The van der Waals surface area contributed by atoms with Gasteiger partial charge >= 0.3 is 0 Å². The minimum absolute atomic E-state index is 0.286. The molecule has 3 nitrogen and oxygen atoms in total. The van der Waals surface area contributed by atoms with Crippen molar-refractivity contribution in [2.24, 2.45) is 5.41 Å². The van der Waals surface area contributed by atoms with Gasteiger partial charge in [0.15, 0.2) is 0 Å². The quantitative estimate of drug-likeness (QED) is 0.548. The van der Waals surface area contributed by atoms with Crippen LogP contribution < -0.4 is 5.32 Å². The Hall–Kier alpha value is -0.120. The van der Waals surface area contributed by atoms with E-state index in [4.69, 9.17) is 9.84 Å². The lowest BCUT2D eigenvalue weighted by atomic mass is 9.88. The molecule has 0 rings (SSSR count). The first-order chi connectivity index (χ1) is 7.12. The van der Waals surface area contributed by atoms with Crippen molar-refractivity contribution in [3.05, 3.63) is 0 Å². The average molecular weight is 217 g/mol. The van der Waals surface area contributed by atoms with Gasteiger partial charge in [-0.25, -0.2) is 0 Å². The molecule has 0 aromatic rings. The molecule has 0 aromatic carbocycles. The van der Waals surface area contributed by atoms with Gasteiger partial charge in [0.1, 0.15) is 0 Å². The predicted molar refractivity (Wildman–Crippen MR) is 64.1 cm³/mol. The van der Waals surface area contributed by atoms with Gasteiger partial charge in [-0.2, -0.15) is 0 Å². The molecule has 0 saturated heterocycles. The minimum Gasteiger partial charge on any atom is -0.396 e. The molecule has 92 valence electrons. The van der Waals surface area contributed by atoms with Gasteiger partial charge < -0.3 is 15.2 Å². The summed E-state index contributed by atoms with van der Waals surface area (Å²) in [5.74, 6) is 0. The van der Waals surface area contributed by atoms with Crippen molar-refractivity contribution in [3.8, 4) is 0 Å². The van der Waals surface area contributed by atoms with Crippen molar-refractivity contribution in [1.29, 1.82) is 0 Å². The van der Waals surface area contributed by atoms with Crippen molar-refractivity contribution in [2.45, 2.75) is 40.0 Å². The van der Waals surface area contributed by atoms with Crippen LogP contribution in [0.3, 0.4) is 0 Å². The molecule has 0 aromatic heterocycles. The Labute approximate surface area is 94.2 Å². The van der Waals surface area contributed by atoms with E-state index in [1.165, 1.54) is 0 Å². The van der Waals surface area contributed by atoms with E-state index in [9.17, 15) is 0 Å². The van der Waals surface area contributed by atoms with E-state index < -0.39 is 0 Å². The molecular formula is C12H27NO2. The minimum atomic E-state index is 0.286. The smallest absolute Gasteiger partial charge is 0.0477 e. The summed E-state index contributed by atoms with van der Waals surface area (Å²) in [4.78, 5) is 0. The summed E-state index contributed by atoms with van der Waals surface area (Å²) in [7, 11) is 0. The molecule has 0 amide bonds. The fraction of sp³-hybridized carbons (Fsp3) is 1.00. The number of aliphatic hydroxyl groups excluding tert-OH is 1. The molecule has 0 atom stereocenters. The summed E-state index contributed by atoms with van der Waals surface area (Å²) in [5, 5.41) is 12.2. The van der Waals surface area contributed by atoms with Crippen molar-refractivity contribution in [1.82, 2.24) is 5.32 Å². The highest BCUT2D eigenvalue weighted by Crippen LogP contribution is 2.20. The van der Waals surface area contributed by atoms with Gasteiger partial charge in [-0.3, -0.25) is 0 Å². The molecule has 0 spiro atoms. The predicted octanol–water partition coefficient (Wildman–Crippen LogP) is 1.80. The SMILES string of the molecule is CCOCCCNCC(C)(C)CCCO. The van der Waals surface area contributed by atoms with Crippen LogP contribution in [0.1, 0.15) is 40.0 Å².